The summed E-state index contributed by atoms with van der Waals surface area (Å²) in [6, 6.07) is 7.55. The summed E-state index contributed by atoms with van der Waals surface area (Å²) < 4.78 is 0. The van der Waals surface area contributed by atoms with Gasteiger partial charge in [0, 0.05) is 23.4 Å². The van der Waals surface area contributed by atoms with Crippen LogP contribution in [0.3, 0.4) is 0 Å². The Morgan fingerprint density at radius 3 is 2.77 bits per heavy atom. The van der Waals surface area contributed by atoms with Crippen LogP contribution in [0.5, 0.6) is 0 Å². The topological polar surface area (TPSA) is 92.2 Å². The van der Waals surface area contributed by atoms with E-state index in [-0.39, 0.29) is 18.2 Å². The molecule has 1 amide bonds. The average Bonchev–Trinajstić information content (AvgIpc) is 2.58. The number of carboxylic acid groups (broad SMARTS) is 1. The number of benzene rings is 1. The van der Waals surface area contributed by atoms with Crippen molar-refractivity contribution in [3.05, 3.63) is 53.1 Å². The van der Waals surface area contributed by atoms with E-state index in [0.717, 1.165) is 11.3 Å². The quantitative estimate of drug-likeness (QED) is 0.683. The van der Waals surface area contributed by atoms with Gasteiger partial charge < -0.3 is 10.4 Å². The van der Waals surface area contributed by atoms with Crippen molar-refractivity contribution in [3.63, 3.8) is 0 Å². The zero-order chi connectivity index (χ0) is 19.1. The number of rotatable bonds is 8. The van der Waals surface area contributed by atoms with Gasteiger partial charge in [-0.2, -0.15) is 11.8 Å². The van der Waals surface area contributed by atoms with Gasteiger partial charge in [-0.25, -0.2) is 9.97 Å². The highest BCUT2D eigenvalue weighted by Gasteiger charge is 2.16. The molecule has 26 heavy (non-hydrogen) atoms. The molecule has 1 heterocycles. The van der Waals surface area contributed by atoms with Crippen LogP contribution in [-0.4, -0.2) is 32.7 Å². The zero-order valence-corrected chi connectivity index (χ0v) is 16.0. The fourth-order valence-corrected chi connectivity index (χ4v) is 3.27. The van der Waals surface area contributed by atoms with Crippen molar-refractivity contribution in [1.29, 1.82) is 0 Å². The predicted molar refractivity (Wildman–Crippen MR) is 104 cm³/mol. The smallest absolute Gasteiger partial charge is 0.304 e. The Morgan fingerprint density at radius 2 is 2.08 bits per heavy atom. The van der Waals surface area contributed by atoms with Gasteiger partial charge in [0.15, 0.2) is 0 Å². The van der Waals surface area contributed by atoms with Gasteiger partial charge in [0.1, 0.15) is 5.82 Å². The second kappa shape index (κ2) is 9.33. The lowest BCUT2D eigenvalue weighted by Crippen LogP contribution is -2.17. The third-order valence-corrected chi connectivity index (χ3v) is 4.67. The molecule has 2 rings (SSSR count). The Bertz CT molecular complexity index is 793. The molecule has 0 saturated heterocycles. The number of nitrogens with zero attached hydrogens (tertiary/aromatic N) is 2. The van der Waals surface area contributed by atoms with Gasteiger partial charge in [-0.3, -0.25) is 9.59 Å². The third kappa shape index (κ3) is 5.84. The van der Waals surface area contributed by atoms with Crippen molar-refractivity contribution in [2.45, 2.75) is 38.9 Å². The first kappa shape index (κ1) is 19.9. The monoisotopic (exact) mass is 373 g/mol. The van der Waals surface area contributed by atoms with Crippen LogP contribution < -0.4 is 5.32 Å². The molecule has 2 aromatic rings. The predicted octanol–water partition coefficient (Wildman–Crippen LogP) is 3.87. The molecule has 0 atom stereocenters. The van der Waals surface area contributed by atoms with Crippen LogP contribution in [-0.2, 0) is 10.5 Å². The number of aryl methyl sites for hydroxylation is 1. The van der Waals surface area contributed by atoms with E-state index in [1.54, 1.807) is 24.9 Å². The van der Waals surface area contributed by atoms with E-state index in [2.05, 4.69) is 15.3 Å². The number of hydrogen-bond acceptors (Lipinski definition) is 5. The Kier molecular flexibility index (Phi) is 7.15. The maximum Gasteiger partial charge on any atom is 0.304 e. The number of anilines is 1. The van der Waals surface area contributed by atoms with Crippen molar-refractivity contribution in [3.8, 4) is 0 Å². The minimum Gasteiger partial charge on any atom is -0.481 e. The first-order chi connectivity index (χ1) is 12.4. The molecule has 138 valence electrons. The molecule has 0 aliphatic carbocycles. The molecule has 1 aromatic carbocycles. The molecule has 6 nitrogen and oxygen atoms in total. The van der Waals surface area contributed by atoms with Crippen molar-refractivity contribution >= 4 is 29.3 Å². The van der Waals surface area contributed by atoms with Crippen molar-refractivity contribution < 1.29 is 14.7 Å². The van der Waals surface area contributed by atoms with E-state index in [1.165, 1.54) is 0 Å². The molecule has 0 aliphatic heterocycles. The molecule has 0 bridgehead atoms. The van der Waals surface area contributed by atoms with Crippen molar-refractivity contribution in [2.75, 3.05) is 11.1 Å². The van der Waals surface area contributed by atoms with Gasteiger partial charge in [0.2, 0.25) is 0 Å². The summed E-state index contributed by atoms with van der Waals surface area (Å²) in [7, 11) is 0. The molecular formula is C19H23N3O3S. The molecule has 0 aliphatic rings. The number of carbonyl (C=O) groups excluding carboxylic acids is 1. The van der Waals surface area contributed by atoms with Gasteiger partial charge in [-0.1, -0.05) is 26.0 Å². The van der Waals surface area contributed by atoms with Gasteiger partial charge in [-0.15, -0.1) is 0 Å². The standard InChI is InChI=1S/C19H23N3O3S/c1-12(2)18-16(10-20-13(3)21-18)19(25)22-15-6-4-5-14(9-15)11-26-8-7-17(23)24/h4-6,9-10,12H,7-8,11H2,1-3H3,(H,22,25)(H,23,24). The fourth-order valence-electron chi connectivity index (χ4n) is 2.39. The van der Waals surface area contributed by atoms with Crippen LogP contribution in [0.25, 0.3) is 0 Å². The zero-order valence-electron chi connectivity index (χ0n) is 15.2. The number of carbonyl (C=O) groups is 2. The molecule has 0 fully saturated rings. The normalized spacial score (nSPS) is 10.8. The molecule has 0 unspecified atom stereocenters. The van der Waals surface area contributed by atoms with Crippen molar-refractivity contribution in [1.82, 2.24) is 9.97 Å². The minimum atomic E-state index is -0.792. The number of aliphatic carboxylic acids is 1. The lowest BCUT2D eigenvalue weighted by Gasteiger charge is -2.12. The second-order valence-corrected chi connectivity index (χ2v) is 7.33. The van der Waals surface area contributed by atoms with Crippen LogP contribution in [0.2, 0.25) is 0 Å². The number of nitrogens with one attached hydrogen (secondary N) is 1. The fraction of sp³-hybridized carbons (Fsp3) is 0.368. The minimum absolute atomic E-state index is 0.120. The summed E-state index contributed by atoms with van der Waals surface area (Å²) in [6.45, 7) is 5.79. The average molecular weight is 373 g/mol. The largest absolute Gasteiger partial charge is 0.481 e. The number of thioether (sulfide) groups is 1. The number of carboxylic acids is 1. The third-order valence-electron chi connectivity index (χ3n) is 3.64. The number of amides is 1. The molecule has 0 spiro atoms. The summed E-state index contributed by atoms with van der Waals surface area (Å²) in [5.74, 6) is 0.996. The molecule has 1 aromatic heterocycles. The molecule has 0 saturated carbocycles. The van der Waals surface area contributed by atoms with Crippen LogP contribution >= 0.6 is 11.8 Å². The van der Waals surface area contributed by atoms with E-state index in [0.29, 0.717) is 28.6 Å². The Hall–Kier alpha value is -2.41. The summed E-state index contributed by atoms with van der Waals surface area (Å²) >= 11 is 1.55. The number of hydrogen-bond donors (Lipinski definition) is 2. The molecule has 2 N–H and O–H groups in total. The summed E-state index contributed by atoms with van der Waals surface area (Å²) in [5.41, 5.74) is 2.94. The molecular weight excluding hydrogens is 350 g/mol. The lowest BCUT2D eigenvalue weighted by molar-refractivity contribution is -0.136. The number of aromatic nitrogens is 2. The van der Waals surface area contributed by atoms with Crippen LogP contribution in [0, 0.1) is 6.92 Å². The van der Waals surface area contributed by atoms with Gasteiger partial charge in [0.25, 0.3) is 5.91 Å². The summed E-state index contributed by atoms with van der Waals surface area (Å²) in [4.78, 5) is 31.7. The second-order valence-electron chi connectivity index (χ2n) is 6.22. The summed E-state index contributed by atoms with van der Waals surface area (Å²) in [6.07, 6.45) is 1.71. The highest BCUT2D eigenvalue weighted by molar-refractivity contribution is 7.98. The van der Waals surface area contributed by atoms with Crippen molar-refractivity contribution in [2.24, 2.45) is 0 Å². The van der Waals surface area contributed by atoms with E-state index < -0.39 is 5.97 Å². The molecule has 7 heteroatoms. The Balaban J connectivity index is 2.06. The first-order valence-electron chi connectivity index (χ1n) is 8.40. The van der Waals surface area contributed by atoms with E-state index in [9.17, 15) is 9.59 Å². The van der Waals surface area contributed by atoms with Gasteiger partial charge >= 0.3 is 5.97 Å². The first-order valence-corrected chi connectivity index (χ1v) is 9.55. The Labute approximate surface area is 157 Å². The van der Waals surface area contributed by atoms with Crippen LogP contribution in [0.15, 0.2) is 30.5 Å². The van der Waals surface area contributed by atoms with E-state index >= 15 is 0 Å². The van der Waals surface area contributed by atoms with E-state index in [1.807, 2.05) is 38.1 Å². The maximum atomic E-state index is 12.6. The van der Waals surface area contributed by atoms with Crippen LogP contribution in [0.4, 0.5) is 5.69 Å². The molecule has 0 radical (unpaired) electrons. The van der Waals surface area contributed by atoms with Gasteiger partial charge in [-0.05, 0) is 30.5 Å². The highest BCUT2D eigenvalue weighted by atomic mass is 32.2. The highest BCUT2D eigenvalue weighted by Crippen LogP contribution is 2.20. The Morgan fingerprint density at radius 1 is 1.31 bits per heavy atom. The van der Waals surface area contributed by atoms with Gasteiger partial charge in [0.05, 0.1) is 17.7 Å². The maximum absolute atomic E-state index is 12.6. The summed E-state index contributed by atoms with van der Waals surface area (Å²) in [5, 5.41) is 11.6. The van der Waals surface area contributed by atoms with Crippen LogP contribution in [0.1, 0.15) is 53.6 Å². The lowest BCUT2D eigenvalue weighted by atomic mass is 10.0. The SMILES string of the molecule is Cc1ncc(C(=O)Nc2cccc(CSCCC(=O)O)c2)c(C(C)C)n1. The van der Waals surface area contributed by atoms with E-state index in [4.69, 9.17) is 5.11 Å².